The van der Waals surface area contributed by atoms with Gasteiger partial charge in [-0.05, 0) is 24.6 Å². The van der Waals surface area contributed by atoms with Gasteiger partial charge >= 0.3 is 0 Å². The molecular formula is C11H14N2O4S. The van der Waals surface area contributed by atoms with Crippen molar-refractivity contribution >= 4 is 27.3 Å². The standard InChI is InChI=1S/C11H14N2O4S/c1-2-5-18(15,16)13-8-3-4-10-9(6-8)12-11(14)7-17-10/h3-4,6,13H,2,5,7H2,1H3,(H,12,14). The van der Waals surface area contributed by atoms with E-state index in [1.165, 1.54) is 0 Å². The first-order valence-corrected chi connectivity index (χ1v) is 7.22. The van der Waals surface area contributed by atoms with Crippen molar-refractivity contribution in [2.45, 2.75) is 13.3 Å². The van der Waals surface area contributed by atoms with Gasteiger partial charge in [0.15, 0.2) is 6.61 Å². The lowest BCUT2D eigenvalue weighted by Gasteiger charge is -2.18. The number of benzene rings is 1. The van der Waals surface area contributed by atoms with Gasteiger partial charge in [-0.3, -0.25) is 9.52 Å². The largest absolute Gasteiger partial charge is 0.482 e. The lowest BCUT2D eigenvalue weighted by Crippen LogP contribution is -2.25. The fourth-order valence-corrected chi connectivity index (χ4v) is 2.77. The van der Waals surface area contributed by atoms with Crippen LogP contribution >= 0.6 is 0 Å². The molecule has 0 radical (unpaired) electrons. The van der Waals surface area contributed by atoms with Crippen molar-refractivity contribution < 1.29 is 17.9 Å². The Labute approximate surface area is 105 Å². The molecule has 0 saturated carbocycles. The van der Waals surface area contributed by atoms with Crippen LogP contribution in [-0.2, 0) is 14.8 Å². The summed E-state index contributed by atoms with van der Waals surface area (Å²) in [7, 11) is -3.33. The van der Waals surface area contributed by atoms with Crippen LogP contribution in [-0.4, -0.2) is 26.7 Å². The minimum absolute atomic E-state index is 0.0199. The molecule has 2 rings (SSSR count). The Balaban J connectivity index is 2.21. The first-order valence-electron chi connectivity index (χ1n) is 5.57. The zero-order chi connectivity index (χ0) is 13.2. The Hall–Kier alpha value is -1.76. The van der Waals surface area contributed by atoms with Gasteiger partial charge in [0, 0.05) is 0 Å². The Morgan fingerprint density at radius 2 is 2.22 bits per heavy atom. The van der Waals surface area contributed by atoms with Gasteiger partial charge in [-0.25, -0.2) is 8.42 Å². The first kappa shape index (κ1) is 12.7. The van der Waals surface area contributed by atoms with Crippen LogP contribution in [0.25, 0.3) is 0 Å². The van der Waals surface area contributed by atoms with E-state index in [4.69, 9.17) is 4.74 Å². The third-order valence-corrected chi connectivity index (χ3v) is 3.85. The molecule has 0 atom stereocenters. The number of carbonyl (C=O) groups is 1. The Kier molecular flexibility index (Phi) is 3.42. The van der Waals surface area contributed by atoms with Gasteiger partial charge < -0.3 is 10.1 Å². The number of hydrogen-bond acceptors (Lipinski definition) is 4. The quantitative estimate of drug-likeness (QED) is 0.860. The van der Waals surface area contributed by atoms with E-state index in [0.717, 1.165) is 0 Å². The molecule has 98 valence electrons. The fourth-order valence-electron chi connectivity index (χ4n) is 1.65. The van der Waals surface area contributed by atoms with E-state index < -0.39 is 10.0 Å². The summed E-state index contributed by atoms with van der Waals surface area (Å²) < 4.78 is 30.8. The number of rotatable bonds is 4. The lowest BCUT2D eigenvalue weighted by atomic mass is 10.2. The molecule has 1 amide bonds. The number of amides is 1. The van der Waals surface area contributed by atoms with Crippen LogP contribution in [0.5, 0.6) is 5.75 Å². The van der Waals surface area contributed by atoms with E-state index >= 15 is 0 Å². The van der Waals surface area contributed by atoms with Crippen LogP contribution in [0.4, 0.5) is 11.4 Å². The number of anilines is 2. The molecule has 7 heteroatoms. The number of ether oxygens (including phenoxy) is 1. The maximum absolute atomic E-state index is 11.6. The number of hydrogen-bond donors (Lipinski definition) is 2. The van der Waals surface area contributed by atoms with Crippen LogP contribution in [0, 0.1) is 0 Å². The van der Waals surface area contributed by atoms with Crippen molar-refractivity contribution in [3.63, 3.8) is 0 Å². The minimum Gasteiger partial charge on any atom is -0.482 e. The van der Waals surface area contributed by atoms with Crippen molar-refractivity contribution in [2.75, 3.05) is 22.4 Å². The van der Waals surface area contributed by atoms with Gasteiger partial charge in [0.25, 0.3) is 5.91 Å². The summed E-state index contributed by atoms with van der Waals surface area (Å²) in [6, 6.07) is 4.77. The summed E-state index contributed by atoms with van der Waals surface area (Å²) in [5.41, 5.74) is 0.885. The van der Waals surface area contributed by atoms with Crippen molar-refractivity contribution in [3.8, 4) is 5.75 Å². The molecule has 6 nitrogen and oxygen atoms in total. The van der Waals surface area contributed by atoms with E-state index in [1.54, 1.807) is 25.1 Å². The van der Waals surface area contributed by atoms with E-state index in [0.29, 0.717) is 23.5 Å². The van der Waals surface area contributed by atoms with Crippen LogP contribution in [0.2, 0.25) is 0 Å². The Morgan fingerprint density at radius 3 is 2.94 bits per heavy atom. The summed E-state index contributed by atoms with van der Waals surface area (Å²) in [5, 5.41) is 2.62. The van der Waals surface area contributed by atoms with Crippen molar-refractivity contribution in [3.05, 3.63) is 18.2 Å². The second-order valence-corrected chi connectivity index (χ2v) is 5.81. The number of sulfonamides is 1. The molecule has 0 aliphatic carbocycles. The monoisotopic (exact) mass is 270 g/mol. The maximum atomic E-state index is 11.6. The molecule has 0 unspecified atom stereocenters. The van der Waals surface area contributed by atoms with Gasteiger partial charge in [0.1, 0.15) is 5.75 Å². The topological polar surface area (TPSA) is 84.5 Å². The maximum Gasteiger partial charge on any atom is 0.262 e. The third kappa shape index (κ3) is 2.92. The van der Waals surface area contributed by atoms with Gasteiger partial charge in [0.2, 0.25) is 10.0 Å². The Morgan fingerprint density at radius 1 is 1.44 bits per heavy atom. The molecule has 1 aromatic carbocycles. The van der Waals surface area contributed by atoms with Crippen molar-refractivity contribution in [1.29, 1.82) is 0 Å². The minimum atomic E-state index is -3.33. The molecule has 0 spiro atoms. The molecule has 0 saturated heterocycles. The summed E-state index contributed by atoms with van der Waals surface area (Å²) in [6.45, 7) is 1.77. The first-order chi connectivity index (χ1) is 8.50. The second kappa shape index (κ2) is 4.85. The molecule has 2 N–H and O–H groups in total. The van der Waals surface area contributed by atoms with Crippen LogP contribution < -0.4 is 14.8 Å². The predicted octanol–water partition coefficient (Wildman–Crippen LogP) is 1.17. The van der Waals surface area contributed by atoms with Gasteiger partial charge in [0.05, 0.1) is 17.1 Å². The highest BCUT2D eigenvalue weighted by Crippen LogP contribution is 2.30. The summed E-state index contributed by atoms with van der Waals surface area (Å²) in [4.78, 5) is 11.2. The van der Waals surface area contributed by atoms with Crippen LogP contribution in [0.15, 0.2) is 18.2 Å². The molecule has 0 fully saturated rings. The highest BCUT2D eigenvalue weighted by molar-refractivity contribution is 7.92. The van der Waals surface area contributed by atoms with Crippen LogP contribution in [0.1, 0.15) is 13.3 Å². The molecule has 1 aromatic rings. The number of fused-ring (bicyclic) bond motifs is 1. The smallest absolute Gasteiger partial charge is 0.262 e. The second-order valence-electron chi connectivity index (χ2n) is 3.97. The average molecular weight is 270 g/mol. The average Bonchev–Trinajstić information content (AvgIpc) is 2.27. The van der Waals surface area contributed by atoms with Crippen molar-refractivity contribution in [2.24, 2.45) is 0 Å². The van der Waals surface area contributed by atoms with E-state index in [1.807, 2.05) is 0 Å². The van der Waals surface area contributed by atoms with Crippen LogP contribution in [0.3, 0.4) is 0 Å². The van der Waals surface area contributed by atoms with Crippen molar-refractivity contribution in [1.82, 2.24) is 0 Å². The highest BCUT2D eigenvalue weighted by atomic mass is 32.2. The molecule has 18 heavy (non-hydrogen) atoms. The number of nitrogens with one attached hydrogen (secondary N) is 2. The lowest BCUT2D eigenvalue weighted by molar-refractivity contribution is -0.118. The van der Waals surface area contributed by atoms with E-state index in [-0.39, 0.29) is 18.3 Å². The van der Waals surface area contributed by atoms with Gasteiger partial charge in [-0.15, -0.1) is 0 Å². The fraction of sp³-hybridized carbons (Fsp3) is 0.364. The number of carbonyl (C=O) groups excluding carboxylic acids is 1. The van der Waals surface area contributed by atoms with Gasteiger partial charge in [-0.1, -0.05) is 6.92 Å². The van der Waals surface area contributed by atoms with E-state index in [9.17, 15) is 13.2 Å². The summed E-state index contributed by atoms with van der Waals surface area (Å²) >= 11 is 0. The normalized spacial score (nSPS) is 14.4. The molecule has 0 aromatic heterocycles. The molecular weight excluding hydrogens is 256 g/mol. The predicted molar refractivity (Wildman–Crippen MR) is 68.3 cm³/mol. The molecule has 1 aliphatic rings. The SMILES string of the molecule is CCCS(=O)(=O)Nc1ccc2c(c1)NC(=O)CO2. The summed E-state index contributed by atoms with van der Waals surface area (Å²) in [6.07, 6.45) is 0.542. The molecule has 1 heterocycles. The summed E-state index contributed by atoms with van der Waals surface area (Å²) in [5.74, 6) is 0.344. The zero-order valence-corrected chi connectivity index (χ0v) is 10.7. The highest BCUT2D eigenvalue weighted by Gasteiger charge is 2.17. The zero-order valence-electron chi connectivity index (χ0n) is 9.89. The Bertz CT molecular complexity index is 568. The van der Waals surface area contributed by atoms with Gasteiger partial charge in [-0.2, -0.15) is 0 Å². The molecule has 0 bridgehead atoms. The molecule has 1 aliphatic heterocycles. The third-order valence-electron chi connectivity index (χ3n) is 2.36. The van der Waals surface area contributed by atoms with E-state index in [2.05, 4.69) is 10.0 Å².